The average Bonchev–Trinajstić information content (AvgIpc) is 2.83. The third kappa shape index (κ3) is 4.42. The maximum Gasteiger partial charge on any atom is 0.328 e. The third-order valence-corrected chi connectivity index (χ3v) is 8.64. The van der Waals surface area contributed by atoms with Crippen LogP contribution in [0.15, 0.2) is 126 Å². The summed E-state index contributed by atoms with van der Waals surface area (Å²) in [5, 5.41) is 12.6. The minimum atomic E-state index is -2.41. The Bertz CT molecular complexity index is 1150. The van der Waals surface area contributed by atoms with Crippen LogP contribution in [0.2, 0.25) is 0 Å². The van der Waals surface area contributed by atoms with Gasteiger partial charge in [0.25, 0.3) is 0 Å². The summed E-state index contributed by atoms with van der Waals surface area (Å²) in [7, 11) is -2.41. The van der Waals surface area contributed by atoms with Gasteiger partial charge in [0.15, 0.2) is 0 Å². The van der Waals surface area contributed by atoms with Crippen LogP contribution in [0.5, 0.6) is 0 Å². The molecule has 4 aromatic rings. The highest BCUT2D eigenvalue weighted by molar-refractivity contribution is 7.87. The zero-order valence-electron chi connectivity index (χ0n) is 16.9. The van der Waals surface area contributed by atoms with Crippen molar-refractivity contribution in [3.8, 4) is 0 Å². The lowest BCUT2D eigenvalue weighted by Crippen LogP contribution is -2.25. The molecule has 0 bridgehead atoms. The standard InChI is InChI=1S/C27H22NO2P/c29-27(30)21-20-22-12-10-11-19-26(22)28-31(23-13-4-1-5-14-23,24-15-6-2-7-16-24)25-17-8-3-9-18-25/h1-21H,(H,29,30)/b21-20+. The number of carboxylic acid groups (broad SMARTS) is 1. The van der Waals surface area contributed by atoms with Crippen LogP contribution in [-0.4, -0.2) is 11.1 Å². The predicted octanol–water partition coefficient (Wildman–Crippen LogP) is 5.59. The van der Waals surface area contributed by atoms with Gasteiger partial charge in [0.05, 0.1) is 12.7 Å². The molecule has 0 heterocycles. The molecule has 0 fully saturated rings. The molecule has 0 aliphatic rings. The fourth-order valence-corrected chi connectivity index (χ4v) is 7.15. The van der Waals surface area contributed by atoms with Crippen LogP contribution in [0.4, 0.5) is 5.69 Å². The molecule has 152 valence electrons. The number of aliphatic carboxylic acids is 1. The Morgan fingerprint density at radius 1 is 0.645 bits per heavy atom. The van der Waals surface area contributed by atoms with Crippen molar-refractivity contribution in [2.75, 3.05) is 0 Å². The summed E-state index contributed by atoms with van der Waals surface area (Å²) in [6.07, 6.45) is 2.76. The summed E-state index contributed by atoms with van der Waals surface area (Å²) in [6.45, 7) is 0. The molecule has 0 aliphatic carbocycles. The molecular formula is C27H22NO2P. The maximum atomic E-state index is 11.1. The molecule has 0 saturated heterocycles. The largest absolute Gasteiger partial charge is 0.478 e. The second kappa shape index (κ2) is 9.42. The first-order valence-electron chi connectivity index (χ1n) is 9.99. The molecule has 0 amide bonds. The van der Waals surface area contributed by atoms with E-state index in [9.17, 15) is 4.79 Å². The SMILES string of the molecule is O=C(O)/C=C/c1ccccc1N=P(c1ccccc1)(c1ccccc1)c1ccccc1. The van der Waals surface area contributed by atoms with Crippen LogP contribution in [0.3, 0.4) is 0 Å². The predicted molar refractivity (Wildman–Crippen MR) is 130 cm³/mol. The van der Waals surface area contributed by atoms with Gasteiger partial charge >= 0.3 is 5.97 Å². The lowest BCUT2D eigenvalue weighted by molar-refractivity contribution is -0.131. The number of carbonyl (C=O) groups is 1. The van der Waals surface area contributed by atoms with Crippen LogP contribution >= 0.6 is 7.05 Å². The van der Waals surface area contributed by atoms with Crippen molar-refractivity contribution in [1.29, 1.82) is 0 Å². The van der Waals surface area contributed by atoms with Gasteiger partial charge in [-0.3, -0.25) is 4.74 Å². The van der Waals surface area contributed by atoms with Gasteiger partial charge in [-0.05, 0) is 12.1 Å². The van der Waals surface area contributed by atoms with Gasteiger partial charge in [-0.2, -0.15) is 0 Å². The first-order valence-corrected chi connectivity index (χ1v) is 11.7. The molecular weight excluding hydrogens is 401 g/mol. The smallest absolute Gasteiger partial charge is 0.328 e. The van der Waals surface area contributed by atoms with E-state index < -0.39 is 13.0 Å². The second-order valence-corrected chi connectivity index (χ2v) is 9.99. The van der Waals surface area contributed by atoms with Gasteiger partial charge in [-0.15, -0.1) is 0 Å². The normalized spacial score (nSPS) is 11.4. The van der Waals surface area contributed by atoms with Crippen molar-refractivity contribution in [3.63, 3.8) is 0 Å². The Labute approximate surface area is 182 Å². The minimum absolute atomic E-state index is 0.768. The van der Waals surface area contributed by atoms with Crippen molar-refractivity contribution < 1.29 is 9.90 Å². The third-order valence-electron chi connectivity index (χ3n) is 4.99. The van der Waals surface area contributed by atoms with E-state index in [-0.39, 0.29) is 0 Å². The van der Waals surface area contributed by atoms with Gasteiger partial charge in [-0.25, -0.2) is 4.79 Å². The van der Waals surface area contributed by atoms with Gasteiger partial charge in [-0.1, -0.05) is 109 Å². The zero-order valence-corrected chi connectivity index (χ0v) is 17.8. The molecule has 3 nitrogen and oxygen atoms in total. The van der Waals surface area contributed by atoms with Crippen molar-refractivity contribution >= 4 is 40.7 Å². The molecule has 31 heavy (non-hydrogen) atoms. The highest BCUT2D eigenvalue weighted by Crippen LogP contribution is 2.49. The van der Waals surface area contributed by atoms with Crippen molar-refractivity contribution in [2.24, 2.45) is 4.74 Å². The lowest BCUT2D eigenvalue weighted by atomic mass is 10.2. The average molecular weight is 423 g/mol. The number of hydrogen-bond donors (Lipinski definition) is 1. The molecule has 0 unspecified atom stereocenters. The van der Waals surface area contributed by atoms with E-state index in [4.69, 9.17) is 9.85 Å². The summed E-state index contributed by atoms with van der Waals surface area (Å²) in [5.41, 5.74) is 1.54. The maximum absolute atomic E-state index is 11.1. The molecule has 4 rings (SSSR count). The van der Waals surface area contributed by atoms with Crippen LogP contribution in [-0.2, 0) is 4.79 Å². The quantitative estimate of drug-likeness (QED) is 0.324. The highest BCUT2D eigenvalue weighted by Gasteiger charge is 2.27. The molecule has 4 heteroatoms. The first-order chi connectivity index (χ1) is 15.2. The Morgan fingerprint density at radius 2 is 1.06 bits per heavy atom. The van der Waals surface area contributed by atoms with Crippen LogP contribution in [0.25, 0.3) is 6.08 Å². The molecule has 0 aromatic heterocycles. The molecule has 0 aliphatic heterocycles. The monoisotopic (exact) mass is 423 g/mol. The zero-order chi connectivity index (χ0) is 21.5. The summed E-state index contributed by atoms with van der Waals surface area (Å²) >= 11 is 0. The Kier molecular flexibility index (Phi) is 6.26. The number of nitrogens with zero attached hydrogens (tertiary/aromatic N) is 1. The second-order valence-electron chi connectivity index (χ2n) is 6.97. The summed E-state index contributed by atoms with van der Waals surface area (Å²) in [5.74, 6) is -0.981. The molecule has 4 aromatic carbocycles. The topological polar surface area (TPSA) is 49.7 Å². The fourth-order valence-electron chi connectivity index (χ4n) is 3.59. The van der Waals surface area contributed by atoms with Gasteiger partial charge in [0.2, 0.25) is 0 Å². The van der Waals surface area contributed by atoms with E-state index in [0.29, 0.717) is 0 Å². The summed E-state index contributed by atoms with van der Waals surface area (Å²) in [6, 6.07) is 38.8. The van der Waals surface area contributed by atoms with Crippen LogP contribution in [0.1, 0.15) is 5.56 Å². The minimum Gasteiger partial charge on any atom is -0.478 e. The van der Waals surface area contributed by atoms with Gasteiger partial charge < -0.3 is 5.11 Å². The van der Waals surface area contributed by atoms with E-state index in [1.807, 2.05) is 78.9 Å². The fraction of sp³-hybridized carbons (Fsp3) is 0. The van der Waals surface area contributed by atoms with E-state index in [2.05, 4.69) is 36.4 Å². The molecule has 0 saturated carbocycles. The van der Waals surface area contributed by atoms with Crippen LogP contribution < -0.4 is 15.9 Å². The number of rotatable bonds is 6. The van der Waals surface area contributed by atoms with Crippen molar-refractivity contribution in [3.05, 3.63) is 127 Å². The van der Waals surface area contributed by atoms with Crippen molar-refractivity contribution in [1.82, 2.24) is 0 Å². The number of carboxylic acids is 1. The summed E-state index contributed by atoms with van der Waals surface area (Å²) < 4.78 is 5.45. The first kappa shape index (κ1) is 20.6. The van der Waals surface area contributed by atoms with Gasteiger partial charge in [0.1, 0.15) is 0 Å². The molecule has 0 spiro atoms. The molecule has 1 N–H and O–H groups in total. The van der Waals surface area contributed by atoms with E-state index in [1.54, 1.807) is 6.08 Å². The van der Waals surface area contributed by atoms with E-state index in [0.717, 1.165) is 33.2 Å². The number of benzene rings is 4. The Morgan fingerprint density at radius 3 is 1.52 bits per heavy atom. The molecule has 0 radical (unpaired) electrons. The Balaban J connectivity index is 2.11. The number of hydrogen-bond acceptors (Lipinski definition) is 2. The molecule has 0 atom stereocenters. The Hall–Kier alpha value is -3.68. The van der Waals surface area contributed by atoms with E-state index in [1.165, 1.54) is 0 Å². The van der Waals surface area contributed by atoms with Crippen molar-refractivity contribution in [2.45, 2.75) is 0 Å². The lowest BCUT2D eigenvalue weighted by Gasteiger charge is -2.27. The van der Waals surface area contributed by atoms with Crippen LogP contribution in [0, 0.1) is 0 Å². The summed E-state index contributed by atoms with van der Waals surface area (Å²) in [4.78, 5) is 11.1. The van der Waals surface area contributed by atoms with E-state index >= 15 is 0 Å². The van der Waals surface area contributed by atoms with Gasteiger partial charge in [0, 0.05) is 27.6 Å². The highest BCUT2D eigenvalue weighted by atomic mass is 31.2.